The van der Waals surface area contributed by atoms with Crippen molar-refractivity contribution in [1.82, 2.24) is 14.8 Å². The van der Waals surface area contributed by atoms with Gasteiger partial charge in [-0.1, -0.05) is 12.1 Å². The van der Waals surface area contributed by atoms with E-state index in [-0.39, 0.29) is 18.7 Å². The predicted molar refractivity (Wildman–Crippen MR) is 108 cm³/mol. The lowest BCUT2D eigenvalue weighted by atomic mass is 9.93. The highest BCUT2D eigenvalue weighted by Crippen LogP contribution is 2.31. The van der Waals surface area contributed by atoms with Crippen LogP contribution >= 0.6 is 0 Å². The molecule has 1 atom stereocenters. The number of hydrogen-bond donors (Lipinski definition) is 2. The molecule has 1 amide bonds. The van der Waals surface area contributed by atoms with E-state index in [9.17, 15) is 18.7 Å². The summed E-state index contributed by atoms with van der Waals surface area (Å²) < 4.78 is 26.8. The first-order valence-corrected chi connectivity index (χ1v) is 10.4. The molecule has 158 valence electrons. The highest BCUT2D eigenvalue weighted by atomic mass is 19.3. The Bertz CT molecular complexity index is 887. The molecule has 2 aliphatic heterocycles. The molecule has 1 aromatic carbocycles. The summed E-state index contributed by atoms with van der Waals surface area (Å²) in [6, 6.07) is 7.92. The molecule has 2 aromatic rings. The lowest BCUT2D eigenvalue weighted by Crippen LogP contribution is -2.48. The third-order valence-corrected chi connectivity index (χ3v) is 6.32. The number of nitrogens with one attached hydrogen (secondary N) is 1. The highest BCUT2D eigenvalue weighted by Gasteiger charge is 2.38. The van der Waals surface area contributed by atoms with Gasteiger partial charge in [-0.25, -0.2) is 8.78 Å². The number of carbonyl (C=O) groups excluding carboxylic acids is 1. The number of hydrogen-bond acceptors (Lipinski definition) is 3. The molecule has 0 saturated carbocycles. The van der Waals surface area contributed by atoms with Crippen LogP contribution in [0.15, 0.2) is 24.3 Å². The van der Waals surface area contributed by atoms with Crippen LogP contribution in [-0.2, 0) is 0 Å². The third kappa shape index (κ3) is 4.61. The summed E-state index contributed by atoms with van der Waals surface area (Å²) >= 11 is 0. The van der Waals surface area contributed by atoms with Crippen LogP contribution < -0.4 is 0 Å². The number of nitrogens with zero attached hydrogens (tertiary/aromatic N) is 2. The lowest BCUT2D eigenvalue weighted by molar-refractivity contribution is -0.0768. The zero-order valence-electron chi connectivity index (χ0n) is 16.9. The largest absolute Gasteiger partial charge is 0.388 e. The van der Waals surface area contributed by atoms with Gasteiger partial charge >= 0.3 is 0 Å². The number of aryl methyl sites for hydroxylation is 1. The summed E-state index contributed by atoms with van der Waals surface area (Å²) in [4.78, 5) is 19.9. The van der Waals surface area contributed by atoms with E-state index in [1.165, 1.54) is 0 Å². The fourth-order valence-corrected chi connectivity index (χ4v) is 4.52. The number of carbonyl (C=O) groups is 1. The standard InChI is InChI=1S/C22H29F2N3O2/c1-16-3-4-17-14-19(25-18(17)13-16)20(28)27-9-2-5-21(29,6-12-27)15-26-10-7-22(23,24)8-11-26/h3-4,13-14,25,29H,2,5-12,15H2,1H3/t21-/m1/s1. The molecule has 0 radical (unpaired) electrons. The van der Waals surface area contributed by atoms with E-state index >= 15 is 0 Å². The second kappa shape index (κ2) is 7.69. The SMILES string of the molecule is Cc1ccc2cc(C(=O)N3CCC[C@](O)(CN4CCC(F)(F)CC4)CC3)[nH]c2c1. The number of rotatable bonds is 3. The number of H-pyrrole nitrogens is 1. The fraction of sp³-hybridized carbons (Fsp3) is 0.591. The third-order valence-electron chi connectivity index (χ3n) is 6.32. The van der Waals surface area contributed by atoms with E-state index < -0.39 is 11.5 Å². The molecule has 0 aliphatic carbocycles. The van der Waals surface area contributed by atoms with E-state index in [1.807, 2.05) is 36.1 Å². The van der Waals surface area contributed by atoms with Gasteiger partial charge < -0.3 is 19.9 Å². The Balaban J connectivity index is 1.39. The van der Waals surface area contributed by atoms with Gasteiger partial charge in [-0.3, -0.25) is 4.79 Å². The van der Waals surface area contributed by atoms with Crippen molar-refractivity contribution in [3.05, 3.63) is 35.5 Å². The number of benzene rings is 1. The van der Waals surface area contributed by atoms with Crippen LogP contribution in [0.1, 0.15) is 48.2 Å². The molecular weight excluding hydrogens is 376 g/mol. The van der Waals surface area contributed by atoms with Gasteiger partial charge in [0.25, 0.3) is 11.8 Å². The number of aromatic amines is 1. The molecule has 3 heterocycles. The van der Waals surface area contributed by atoms with Crippen molar-refractivity contribution in [2.24, 2.45) is 0 Å². The molecule has 0 bridgehead atoms. The van der Waals surface area contributed by atoms with Crippen LogP contribution in [-0.4, -0.2) is 70.0 Å². The van der Waals surface area contributed by atoms with E-state index in [1.54, 1.807) is 4.90 Å². The van der Waals surface area contributed by atoms with Crippen molar-refractivity contribution >= 4 is 16.8 Å². The topological polar surface area (TPSA) is 59.6 Å². The van der Waals surface area contributed by atoms with E-state index in [0.29, 0.717) is 57.7 Å². The lowest BCUT2D eigenvalue weighted by Gasteiger charge is -2.37. The molecule has 2 N–H and O–H groups in total. The molecule has 5 nitrogen and oxygen atoms in total. The van der Waals surface area contributed by atoms with Crippen LogP contribution in [0.4, 0.5) is 8.78 Å². The Labute approximate surface area is 169 Å². The number of piperidine rings is 1. The zero-order chi connectivity index (χ0) is 20.6. The first-order valence-electron chi connectivity index (χ1n) is 10.4. The van der Waals surface area contributed by atoms with E-state index in [0.717, 1.165) is 16.5 Å². The molecule has 0 unspecified atom stereocenters. The van der Waals surface area contributed by atoms with Gasteiger partial charge in [0, 0.05) is 56.5 Å². The smallest absolute Gasteiger partial charge is 0.270 e. The van der Waals surface area contributed by atoms with Crippen molar-refractivity contribution in [1.29, 1.82) is 0 Å². The number of fused-ring (bicyclic) bond motifs is 1. The average Bonchev–Trinajstić information content (AvgIpc) is 2.99. The minimum absolute atomic E-state index is 0.0549. The van der Waals surface area contributed by atoms with Gasteiger partial charge in [-0.2, -0.15) is 0 Å². The van der Waals surface area contributed by atoms with Gasteiger partial charge in [0.05, 0.1) is 5.60 Å². The summed E-state index contributed by atoms with van der Waals surface area (Å²) in [7, 11) is 0. The summed E-state index contributed by atoms with van der Waals surface area (Å²) in [5.41, 5.74) is 1.71. The van der Waals surface area contributed by atoms with Crippen molar-refractivity contribution in [2.45, 2.75) is 50.6 Å². The second-order valence-electron chi connectivity index (χ2n) is 8.78. The molecular formula is C22H29F2N3O2. The number of halogens is 2. The first-order chi connectivity index (χ1) is 13.7. The quantitative estimate of drug-likeness (QED) is 0.821. The monoisotopic (exact) mass is 405 g/mol. The van der Waals surface area contributed by atoms with Crippen molar-refractivity contribution in [2.75, 3.05) is 32.7 Å². The first kappa shape index (κ1) is 20.3. The summed E-state index contributed by atoms with van der Waals surface area (Å²) in [5.74, 6) is -2.63. The van der Waals surface area contributed by atoms with Crippen LogP contribution in [0.25, 0.3) is 10.9 Å². The Kier molecular flexibility index (Phi) is 5.38. The Hall–Kier alpha value is -1.99. The summed E-state index contributed by atoms with van der Waals surface area (Å²) in [6.45, 7) is 4.10. The molecule has 7 heteroatoms. The Morgan fingerprint density at radius 2 is 1.86 bits per heavy atom. The summed E-state index contributed by atoms with van der Waals surface area (Å²) in [6.07, 6.45) is 1.45. The minimum atomic E-state index is -2.58. The normalized spacial score (nSPS) is 25.9. The zero-order valence-corrected chi connectivity index (χ0v) is 16.9. The number of aromatic nitrogens is 1. The number of likely N-dealkylation sites (tertiary alicyclic amines) is 2. The van der Waals surface area contributed by atoms with E-state index in [2.05, 4.69) is 4.98 Å². The van der Waals surface area contributed by atoms with Crippen molar-refractivity contribution in [3.63, 3.8) is 0 Å². The molecule has 2 fully saturated rings. The van der Waals surface area contributed by atoms with Gasteiger partial charge in [0.1, 0.15) is 5.69 Å². The van der Waals surface area contributed by atoms with Crippen LogP contribution in [0.3, 0.4) is 0 Å². The van der Waals surface area contributed by atoms with Crippen LogP contribution in [0, 0.1) is 6.92 Å². The number of aliphatic hydroxyl groups is 1. The molecule has 1 aromatic heterocycles. The minimum Gasteiger partial charge on any atom is -0.388 e. The maximum Gasteiger partial charge on any atom is 0.270 e. The fourth-order valence-electron chi connectivity index (χ4n) is 4.52. The highest BCUT2D eigenvalue weighted by molar-refractivity contribution is 5.98. The average molecular weight is 405 g/mol. The summed E-state index contributed by atoms with van der Waals surface area (Å²) in [5, 5.41) is 12.1. The van der Waals surface area contributed by atoms with Crippen molar-refractivity contribution in [3.8, 4) is 0 Å². The van der Waals surface area contributed by atoms with Gasteiger partial charge in [-0.05, 0) is 43.9 Å². The Morgan fingerprint density at radius 1 is 1.10 bits per heavy atom. The molecule has 2 saturated heterocycles. The van der Waals surface area contributed by atoms with Crippen molar-refractivity contribution < 1.29 is 18.7 Å². The molecule has 29 heavy (non-hydrogen) atoms. The molecule has 0 spiro atoms. The number of alkyl halides is 2. The van der Waals surface area contributed by atoms with E-state index in [4.69, 9.17) is 0 Å². The Morgan fingerprint density at radius 3 is 2.62 bits per heavy atom. The maximum atomic E-state index is 13.4. The number of β-amino-alcohol motifs (C(OH)–C–C–N with tert-alkyl or cyclic N) is 1. The van der Waals surface area contributed by atoms with Gasteiger partial charge in [0.2, 0.25) is 0 Å². The van der Waals surface area contributed by atoms with Crippen LogP contribution in [0.2, 0.25) is 0 Å². The second-order valence-corrected chi connectivity index (χ2v) is 8.78. The molecule has 2 aliphatic rings. The van der Waals surface area contributed by atoms with Gasteiger partial charge in [0.15, 0.2) is 0 Å². The predicted octanol–water partition coefficient (Wildman–Crippen LogP) is 3.56. The maximum absolute atomic E-state index is 13.4. The van der Waals surface area contributed by atoms with Crippen LogP contribution in [0.5, 0.6) is 0 Å². The van der Waals surface area contributed by atoms with Gasteiger partial charge in [-0.15, -0.1) is 0 Å². The molecule has 4 rings (SSSR count). The number of amides is 1.